The lowest BCUT2D eigenvalue weighted by atomic mass is 9.65. The number of hydrogen-bond donors (Lipinski definition) is 1. The van der Waals surface area contributed by atoms with Gasteiger partial charge >= 0.3 is 0 Å². The minimum absolute atomic E-state index is 0.0267. The maximum absolute atomic E-state index is 14.4. The molecular formula is C66H121FN2O2. The molecule has 1 heterocycles. The van der Waals surface area contributed by atoms with E-state index in [2.05, 4.69) is 134 Å². The van der Waals surface area contributed by atoms with Crippen LogP contribution in [0.15, 0.2) is 89.1 Å². The van der Waals surface area contributed by atoms with E-state index in [1.54, 1.807) is 12.2 Å². The molecule has 0 spiro atoms. The summed E-state index contributed by atoms with van der Waals surface area (Å²) >= 11 is 0. The molecule has 2 aliphatic rings. The van der Waals surface area contributed by atoms with Crippen molar-refractivity contribution in [3.8, 4) is 0 Å². The maximum Gasteiger partial charge on any atom is 0.146 e. The zero-order valence-electron chi connectivity index (χ0n) is 51.4. The number of allylic oxidation sites excluding steroid dienone is 8. The molecule has 4 nitrogen and oxygen atoms in total. The van der Waals surface area contributed by atoms with Crippen LogP contribution in [0, 0.1) is 30.6 Å². The zero-order valence-corrected chi connectivity index (χ0v) is 51.4. The highest BCUT2D eigenvalue weighted by atomic mass is 19.1. The number of carbonyl (C=O) groups is 1. The van der Waals surface area contributed by atoms with Gasteiger partial charge < -0.3 is 10.1 Å². The molecule has 5 heteroatoms. The molecule has 0 radical (unpaired) electrons. The van der Waals surface area contributed by atoms with Gasteiger partial charge in [-0.2, -0.15) is 0 Å². The van der Waals surface area contributed by atoms with E-state index in [1.165, 1.54) is 76.7 Å². The van der Waals surface area contributed by atoms with Crippen molar-refractivity contribution < 1.29 is 13.9 Å². The Morgan fingerprint density at radius 1 is 0.845 bits per heavy atom. The highest BCUT2D eigenvalue weighted by molar-refractivity contribution is 5.92. The molecule has 71 heavy (non-hydrogen) atoms. The van der Waals surface area contributed by atoms with Crippen LogP contribution >= 0.6 is 0 Å². The number of halogens is 1. The number of rotatable bonds is 23. The monoisotopic (exact) mass is 993 g/mol. The van der Waals surface area contributed by atoms with Crippen LogP contribution in [0.1, 0.15) is 271 Å². The highest BCUT2D eigenvalue weighted by Gasteiger charge is 2.41. The predicted molar refractivity (Wildman–Crippen MR) is 324 cm³/mol. The van der Waals surface area contributed by atoms with Gasteiger partial charge in [-0.1, -0.05) is 233 Å². The Hall–Kier alpha value is -3.31. The van der Waals surface area contributed by atoms with Crippen LogP contribution in [0.4, 0.5) is 4.39 Å². The Balaban J connectivity index is -0.000000385. The number of ketones is 1. The largest absolute Gasteiger partial charge is 0.381 e. The van der Waals surface area contributed by atoms with E-state index in [9.17, 15) is 9.18 Å². The Kier molecular flexibility index (Phi) is 55.7. The molecule has 0 bridgehead atoms. The lowest BCUT2D eigenvalue weighted by Crippen LogP contribution is -2.40. The molecule has 3 rings (SSSR count). The van der Waals surface area contributed by atoms with Gasteiger partial charge in [-0.05, 0) is 124 Å². The fourth-order valence-electron chi connectivity index (χ4n) is 8.05. The van der Waals surface area contributed by atoms with E-state index in [-0.39, 0.29) is 5.92 Å². The quantitative estimate of drug-likeness (QED) is 0.0675. The van der Waals surface area contributed by atoms with Crippen molar-refractivity contribution in [1.29, 1.82) is 0 Å². The number of ether oxygens (including phenoxy) is 1. The average Bonchev–Trinajstić information content (AvgIpc) is 3.35. The molecule has 414 valence electrons. The number of unbranched alkanes of at least 4 members (excludes halogenated alkanes) is 4. The van der Waals surface area contributed by atoms with Gasteiger partial charge in [-0.3, -0.25) is 9.79 Å². The van der Waals surface area contributed by atoms with Crippen molar-refractivity contribution in [3.05, 3.63) is 101 Å². The second-order valence-electron chi connectivity index (χ2n) is 19.2. The fraction of sp³-hybridized carbons (Fsp3) is 0.697. The van der Waals surface area contributed by atoms with Crippen molar-refractivity contribution in [3.63, 3.8) is 0 Å². The van der Waals surface area contributed by atoms with Crippen LogP contribution in [0.25, 0.3) is 5.57 Å². The number of aliphatic imine (C=N–C) groups is 1. The lowest BCUT2D eigenvalue weighted by molar-refractivity contribution is -0.129. The summed E-state index contributed by atoms with van der Waals surface area (Å²) in [5.74, 6) is 2.96. The molecule has 0 aromatic heterocycles. The molecule has 1 N–H and O–H groups in total. The van der Waals surface area contributed by atoms with Gasteiger partial charge in [0.05, 0.1) is 30.0 Å². The van der Waals surface area contributed by atoms with Crippen molar-refractivity contribution >= 4 is 17.6 Å². The molecular weight excluding hydrogens is 872 g/mol. The maximum atomic E-state index is 14.4. The minimum Gasteiger partial charge on any atom is -0.381 e. The van der Waals surface area contributed by atoms with Gasteiger partial charge in [0.25, 0.3) is 0 Å². The lowest BCUT2D eigenvalue weighted by Gasteiger charge is -2.36. The molecule has 1 unspecified atom stereocenters. The SMILES string of the molecule is C=C/C(F)=C(\C=C/C)N/C(C)=C(C)/C(=C\C(=C)c1ccc(C(CCC)(CCC)C(=O)C(C)CC)c(C)c1)N=CCC.CC.CC.CC1COC1.CCC.CCC.CCCC1CC(C)C1.CCCCCCC. The summed E-state index contributed by atoms with van der Waals surface area (Å²) in [7, 11) is 0. The predicted octanol–water partition coefficient (Wildman–Crippen LogP) is 22.0. The Bertz CT molecular complexity index is 1590. The van der Waals surface area contributed by atoms with Gasteiger partial charge in [-0.15, -0.1) is 0 Å². The first-order valence-electron chi connectivity index (χ1n) is 29.2. The second kappa shape index (κ2) is 51.6. The number of carbonyl (C=O) groups excluding carboxylic acids is 1. The van der Waals surface area contributed by atoms with E-state index in [1.807, 2.05) is 67.7 Å². The summed E-state index contributed by atoms with van der Waals surface area (Å²) in [5, 5.41) is 3.17. The van der Waals surface area contributed by atoms with Gasteiger partial charge in [0, 0.05) is 23.7 Å². The Morgan fingerprint density at radius 3 is 1.70 bits per heavy atom. The number of hydrogen-bond acceptors (Lipinski definition) is 4. The van der Waals surface area contributed by atoms with Crippen molar-refractivity contribution in [2.24, 2.45) is 28.7 Å². The van der Waals surface area contributed by atoms with E-state index in [4.69, 9.17) is 9.73 Å². The molecule has 2 fully saturated rings. The number of benzene rings is 1. The number of aryl methyl sites for hydroxylation is 1. The molecule has 1 saturated carbocycles. The molecule has 1 saturated heterocycles. The molecule has 0 amide bonds. The number of nitrogens with one attached hydrogen (secondary N) is 1. The normalized spacial score (nSPS) is 16.0. The summed E-state index contributed by atoms with van der Waals surface area (Å²) in [4.78, 5) is 18.5. The summed E-state index contributed by atoms with van der Waals surface area (Å²) in [5.41, 5.74) is 6.35. The third-order valence-electron chi connectivity index (χ3n) is 11.9. The van der Waals surface area contributed by atoms with E-state index in [0.717, 1.165) is 109 Å². The summed E-state index contributed by atoms with van der Waals surface area (Å²) in [6.45, 7) is 56.0. The fourth-order valence-corrected chi connectivity index (χ4v) is 8.05. The molecule has 1 aromatic rings. The van der Waals surface area contributed by atoms with Crippen LogP contribution in [-0.2, 0) is 14.9 Å². The summed E-state index contributed by atoms with van der Waals surface area (Å²) in [6, 6.07) is 6.38. The summed E-state index contributed by atoms with van der Waals surface area (Å²) in [6.07, 6.45) is 29.1. The minimum atomic E-state index is -0.462. The van der Waals surface area contributed by atoms with Gasteiger partial charge in [-0.25, -0.2) is 4.39 Å². The topological polar surface area (TPSA) is 50.7 Å². The Morgan fingerprint density at radius 2 is 1.35 bits per heavy atom. The van der Waals surface area contributed by atoms with Gasteiger partial charge in [0.15, 0.2) is 0 Å². The Labute approximate surface area is 444 Å². The first kappa shape index (κ1) is 76.6. The standard InChI is InChI=1S/C37H53FN2O.C8H16.C7H16.C4H8O.2C3H8.2C2H6/c1-12-18-34(33(38)17-6)40-30(11)29(10)35(39-23-15-4)25-27(8)31-19-20-32(28(9)24-31)37(21-13-2,22-14-3)36(41)26(7)16-5;1-3-4-8-5-7(2)6-8;1-3-5-7-6-4-2;1-4-2-5-3-4;2*1-3-2;2*1-2/h12,17-20,23-26,40H,6,8,13-16,21-22H2,1-5,7,9-11H3;7-8H,3-6H2,1-2H3;3-7H2,1-2H3;4H,2-3H2,1H3;2*3H2,1-2H3;2*1-2H3/b18-12-,30-29+,34-33-,35-25+,39-23?;;;;;;;. The van der Waals surface area contributed by atoms with E-state index < -0.39 is 11.2 Å². The highest BCUT2D eigenvalue weighted by Crippen LogP contribution is 2.41. The molecule has 1 aliphatic carbocycles. The van der Waals surface area contributed by atoms with Crippen LogP contribution in [0.3, 0.4) is 0 Å². The molecule has 1 atom stereocenters. The number of nitrogens with zero attached hydrogens (tertiary/aromatic N) is 1. The third-order valence-corrected chi connectivity index (χ3v) is 11.9. The molecule has 1 aromatic carbocycles. The average molecular weight is 994 g/mol. The van der Waals surface area contributed by atoms with Crippen LogP contribution in [0.2, 0.25) is 0 Å². The van der Waals surface area contributed by atoms with Gasteiger partial charge in [0.1, 0.15) is 11.6 Å². The van der Waals surface area contributed by atoms with Crippen LogP contribution < -0.4 is 5.32 Å². The van der Waals surface area contributed by atoms with E-state index >= 15 is 0 Å². The van der Waals surface area contributed by atoms with Crippen molar-refractivity contribution in [2.45, 2.75) is 267 Å². The first-order chi connectivity index (χ1) is 33.9. The van der Waals surface area contributed by atoms with Gasteiger partial charge in [0.2, 0.25) is 0 Å². The van der Waals surface area contributed by atoms with E-state index in [0.29, 0.717) is 11.5 Å². The first-order valence-corrected chi connectivity index (χ1v) is 29.2. The zero-order chi connectivity index (χ0) is 55.8. The van der Waals surface area contributed by atoms with Crippen LogP contribution in [-0.4, -0.2) is 25.2 Å². The second-order valence-corrected chi connectivity index (χ2v) is 19.2. The summed E-state index contributed by atoms with van der Waals surface area (Å²) < 4.78 is 19.2. The van der Waals surface area contributed by atoms with Crippen LogP contribution in [0.5, 0.6) is 0 Å². The third kappa shape index (κ3) is 34.7. The van der Waals surface area contributed by atoms with Crippen molar-refractivity contribution in [1.82, 2.24) is 5.32 Å². The molecule has 1 aliphatic heterocycles. The number of Topliss-reactive ketones (excluding diaryl/α,β-unsaturated/α-hetero) is 1. The van der Waals surface area contributed by atoms with Crippen molar-refractivity contribution in [2.75, 3.05) is 13.2 Å². The smallest absolute Gasteiger partial charge is 0.146 e.